The van der Waals surface area contributed by atoms with E-state index in [0.29, 0.717) is 11.3 Å². The van der Waals surface area contributed by atoms with Crippen LogP contribution >= 0.6 is 0 Å². The lowest BCUT2D eigenvalue weighted by Crippen LogP contribution is -2.30. The molecule has 2 aromatic carbocycles. The molecule has 134 valence electrons. The third kappa shape index (κ3) is 3.44. The normalized spacial score (nSPS) is 16.4. The van der Waals surface area contributed by atoms with Crippen LogP contribution in [-0.4, -0.2) is 29.7 Å². The van der Waals surface area contributed by atoms with Gasteiger partial charge in [-0.2, -0.15) is 5.10 Å². The van der Waals surface area contributed by atoms with Gasteiger partial charge in [0.1, 0.15) is 11.4 Å². The molecular weight excluding hydrogens is 366 g/mol. The van der Waals surface area contributed by atoms with Crippen molar-refractivity contribution >= 4 is 38.5 Å². The number of non-ortho nitro benzene ring substituents is 1. The first kappa shape index (κ1) is 17.3. The first-order valence-electron chi connectivity index (χ1n) is 7.12. The molecule has 2 N–H and O–H groups in total. The molecule has 12 heteroatoms. The van der Waals surface area contributed by atoms with Crippen LogP contribution in [-0.2, 0) is 10.0 Å². The molecule has 2 aromatic rings. The lowest BCUT2D eigenvalue weighted by atomic mass is 10.1. The van der Waals surface area contributed by atoms with E-state index in [2.05, 4.69) is 15.2 Å². The zero-order valence-electron chi connectivity index (χ0n) is 12.9. The molecular formula is C14H11N5O6S. The number of nitrogens with zero attached hydrogens (tertiary/aromatic N) is 3. The topological polar surface area (TPSA) is 157 Å². The Hall–Kier alpha value is -3.54. The van der Waals surface area contributed by atoms with E-state index in [-0.39, 0.29) is 11.4 Å². The highest BCUT2D eigenvalue weighted by Gasteiger charge is 2.26. The summed E-state index contributed by atoms with van der Waals surface area (Å²) in [5.74, 6) is -0.419. The van der Waals surface area contributed by atoms with Gasteiger partial charge in [-0.25, -0.2) is 8.42 Å². The molecule has 0 atom stereocenters. The Morgan fingerprint density at radius 1 is 1.08 bits per heavy atom. The fourth-order valence-electron chi connectivity index (χ4n) is 2.38. The van der Waals surface area contributed by atoms with Crippen LogP contribution in [0.5, 0.6) is 0 Å². The maximum absolute atomic E-state index is 11.9. The monoisotopic (exact) mass is 377 g/mol. The number of hydrazone groups is 1. The summed E-state index contributed by atoms with van der Waals surface area (Å²) in [6, 6.07) is 9.60. The molecule has 0 radical (unpaired) electrons. The fraction of sp³-hybridized carbons (Fsp3) is 0.0714. The minimum atomic E-state index is -3.64. The van der Waals surface area contributed by atoms with Gasteiger partial charge in [0.25, 0.3) is 5.69 Å². The predicted octanol–water partition coefficient (Wildman–Crippen LogP) is 2.07. The Morgan fingerprint density at radius 2 is 1.81 bits per heavy atom. The fourth-order valence-corrected chi connectivity index (χ4v) is 3.55. The number of sulfonamides is 1. The molecule has 11 nitrogen and oxygen atoms in total. The van der Waals surface area contributed by atoms with Crippen molar-refractivity contribution in [2.45, 2.75) is 0 Å². The summed E-state index contributed by atoms with van der Waals surface area (Å²) in [5, 5.41) is 25.9. The van der Waals surface area contributed by atoms with E-state index in [1.54, 1.807) is 24.3 Å². The van der Waals surface area contributed by atoms with Crippen LogP contribution in [0, 0.1) is 20.2 Å². The smallest absolute Gasteiger partial charge is 0.283 e. The number of hydrogen-bond acceptors (Lipinski definition) is 8. The van der Waals surface area contributed by atoms with Crippen molar-refractivity contribution in [2.75, 3.05) is 15.9 Å². The predicted molar refractivity (Wildman–Crippen MR) is 93.8 cm³/mol. The number of hydrogen-bond donors (Lipinski definition) is 2. The van der Waals surface area contributed by atoms with Gasteiger partial charge in [0, 0.05) is 11.6 Å². The summed E-state index contributed by atoms with van der Waals surface area (Å²) in [5.41, 5.74) is 2.39. The highest BCUT2D eigenvalue weighted by atomic mass is 32.2. The number of para-hydroxylation sites is 1. The number of rotatable bonds is 4. The zero-order chi connectivity index (χ0) is 18.9. The quantitative estimate of drug-likeness (QED) is 0.610. The van der Waals surface area contributed by atoms with Gasteiger partial charge in [-0.15, -0.1) is 0 Å². The van der Waals surface area contributed by atoms with Crippen molar-refractivity contribution in [3.63, 3.8) is 0 Å². The van der Waals surface area contributed by atoms with Crippen LogP contribution in [0.15, 0.2) is 47.6 Å². The van der Waals surface area contributed by atoms with Crippen LogP contribution in [0.4, 0.5) is 22.7 Å². The maximum Gasteiger partial charge on any atom is 0.301 e. The molecule has 26 heavy (non-hydrogen) atoms. The number of fused-ring (bicyclic) bond motifs is 1. The number of benzene rings is 2. The van der Waals surface area contributed by atoms with Gasteiger partial charge in [-0.05, 0) is 12.1 Å². The van der Waals surface area contributed by atoms with Gasteiger partial charge in [-0.1, -0.05) is 18.2 Å². The van der Waals surface area contributed by atoms with Crippen LogP contribution in [0.1, 0.15) is 5.56 Å². The Kier molecular flexibility index (Phi) is 4.26. The minimum absolute atomic E-state index is 0.0958. The summed E-state index contributed by atoms with van der Waals surface area (Å²) < 4.78 is 26.2. The van der Waals surface area contributed by atoms with Crippen LogP contribution in [0.3, 0.4) is 0 Å². The summed E-state index contributed by atoms with van der Waals surface area (Å²) >= 11 is 0. The van der Waals surface area contributed by atoms with Crippen molar-refractivity contribution in [3.05, 3.63) is 68.3 Å². The Morgan fingerprint density at radius 3 is 2.50 bits per heavy atom. The average Bonchev–Trinajstić information content (AvgIpc) is 2.58. The second-order valence-corrected chi connectivity index (χ2v) is 7.01. The molecule has 0 aliphatic carbocycles. The molecule has 0 amide bonds. The molecule has 0 aromatic heterocycles. The van der Waals surface area contributed by atoms with E-state index in [1.807, 2.05) is 0 Å². The first-order valence-corrected chi connectivity index (χ1v) is 8.77. The molecule has 0 saturated heterocycles. The van der Waals surface area contributed by atoms with Crippen molar-refractivity contribution in [1.29, 1.82) is 0 Å². The average molecular weight is 377 g/mol. The van der Waals surface area contributed by atoms with E-state index < -0.39 is 37.0 Å². The van der Waals surface area contributed by atoms with E-state index in [4.69, 9.17) is 0 Å². The first-order chi connectivity index (χ1) is 12.3. The highest BCUT2D eigenvalue weighted by molar-refractivity contribution is 7.93. The van der Waals surface area contributed by atoms with Crippen molar-refractivity contribution in [3.8, 4) is 0 Å². The summed E-state index contributed by atoms with van der Waals surface area (Å²) in [6.07, 6.45) is 0. The van der Waals surface area contributed by atoms with E-state index in [0.717, 1.165) is 18.2 Å². The van der Waals surface area contributed by atoms with Crippen molar-refractivity contribution < 1.29 is 18.3 Å². The number of anilines is 2. The SMILES string of the molecule is O=[N+]([O-])c1ccc(N/N=C2\CS(=O)(=O)Nc3ccccc32)c([N+](=O)[O-])c1. The van der Waals surface area contributed by atoms with Crippen molar-refractivity contribution in [1.82, 2.24) is 0 Å². The highest BCUT2D eigenvalue weighted by Crippen LogP contribution is 2.29. The number of nitrogens with one attached hydrogen (secondary N) is 2. The molecule has 1 heterocycles. The van der Waals surface area contributed by atoms with Gasteiger partial charge in [0.2, 0.25) is 10.0 Å². The van der Waals surface area contributed by atoms with Crippen LogP contribution in [0.2, 0.25) is 0 Å². The zero-order valence-corrected chi connectivity index (χ0v) is 13.8. The van der Waals surface area contributed by atoms with Crippen molar-refractivity contribution in [2.24, 2.45) is 5.10 Å². The third-order valence-electron chi connectivity index (χ3n) is 3.53. The summed E-state index contributed by atoms with van der Waals surface area (Å²) in [7, 11) is -3.64. The maximum atomic E-state index is 11.9. The largest absolute Gasteiger partial charge is 0.301 e. The Bertz CT molecular complexity index is 1050. The standard InChI is InChI=1S/C14H11N5O6S/c20-18(21)9-5-6-12(14(7-9)19(22)23)15-16-13-8-26(24,25)17-11-4-2-1-3-10(11)13/h1-7,15,17H,8H2/b16-13+. The molecule has 0 fully saturated rings. The molecule has 0 bridgehead atoms. The van der Waals surface area contributed by atoms with Gasteiger partial charge < -0.3 is 0 Å². The molecule has 0 unspecified atom stereocenters. The lowest BCUT2D eigenvalue weighted by Gasteiger charge is -2.19. The van der Waals surface area contributed by atoms with Gasteiger partial charge in [0.15, 0.2) is 0 Å². The second-order valence-electron chi connectivity index (χ2n) is 5.29. The lowest BCUT2D eigenvalue weighted by molar-refractivity contribution is -0.393. The summed E-state index contributed by atoms with van der Waals surface area (Å²) in [4.78, 5) is 20.4. The van der Waals surface area contributed by atoms with E-state index in [1.165, 1.54) is 0 Å². The number of nitro benzene ring substituents is 2. The Labute approximate surface area is 146 Å². The number of nitro groups is 2. The van der Waals surface area contributed by atoms with Gasteiger partial charge >= 0.3 is 5.69 Å². The molecule has 0 saturated carbocycles. The Balaban J connectivity index is 2.00. The molecule has 3 rings (SSSR count). The van der Waals surface area contributed by atoms with Crippen LogP contribution in [0.25, 0.3) is 0 Å². The minimum Gasteiger partial charge on any atom is -0.283 e. The molecule has 0 spiro atoms. The molecule has 1 aliphatic rings. The summed E-state index contributed by atoms with van der Waals surface area (Å²) in [6.45, 7) is 0. The van der Waals surface area contributed by atoms with Crippen LogP contribution < -0.4 is 10.1 Å². The third-order valence-corrected chi connectivity index (χ3v) is 4.71. The van der Waals surface area contributed by atoms with Gasteiger partial charge in [-0.3, -0.25) is 30.4 Å². The second kappa shape index (κ2) is 6.40. The van der Waals surface area contributed by atoms with Gasteiger partial charge in [0.05, 0.1) is 27.3 Å². The molecule has 1 aliphatic heterocycles. The van der Waals surface area contributed by atoms with E-state index >= 15 is 0 Å². The van der Waals surface area contributed by atoms with E-state index in [9.17, 15) is 28.6 Å².